The Bertz CT molecular complexity index is 4340. The molecule has 0 bridgehead atoms. The van der Waals surface area contributed by atoms with E-state index in [-0.39, 0.29) is 54.1 Å². The third kappa shape index (κ3) is 27.9. The van der Waals surface area contributed by atoms with Crippen molar-refractivity contribution < 1.29 is 31.0 Å². The first-order chi connectivity index (χ1) is 54.3. The van der Waals surface area contributed by atoms with E-state index in [2.05, 4.69) is 204 Å². The van der Waals surface area contributed by atoms with Gasteiger partial charge in [-0.1, -0.05) is 177 Å². The number of nitrogens with zero attached hydrogens (tertiary/aromatic N) is 10. The van der Waals surface area contributed by atoms with Gasteiger partial charge in [0.25, 0.3) is 0 Å². The fourth-order valence-electron chi connectivity index (χ4n) is 17.7. The van der Waals surface area contributed by atoms with Crippen LogP contribution in [0, 0.1) is 87.0 Å². The van der Waals surface area contributed by atoms with Crippen LogP contribution in [0.15, 0.2) is 121 Å². The zero-order chi connectivity index (χ0) is 86.1. The summed E-state index contributed by atoms with van der Waals surface area (Å²) in [6.07, 6.45) is 13.1. The van der Waals surface area contributed by atoms with Gasteiger partial charge in [-0.3, -0.25) is 33.9 Å². The summed E-state index contributed by atoms with van der Waals surface area (Å²) in [5.74, 6) is 2.80. The zero-order valence-electron chi connectivity index (χ0n) is 74.4. The molecular weight excluding hydrogens is 1490 g/mol. The minimum atomic E-state index is -3.29. The molecule has 5 aliphatic heterocycles. The van der Waals surface area contributed by atoms with Gasteiger partial charge in [0.05, 0.1) is 39.5 Å². The van der Waals surface area contributed by atoms with Crippen LogP contribution in [0.4, 0.5) is 11.4 Å². The van der Waals surface area contributed by atoms with Crippen LogP contribution in [0.25, 0.3) is 24.2 Å². The van der Waals surface area contributed by atoms with Gasteiger partial charge in [0.15, 0.2) is 0 Å². The monoisotopic (exact) mass is 1630 g/mol. The van der Waals surface area contributed by atoms with Crippen molar-refractivity contribution >= 4 is 31.4 Å². The van der Waals surface area contributed by atoms with Crippen LogP contribution in [-0.2, 0) is 52.8 Å². The Morgan fingerprint density at radius 1 is 0.336 bits per heavy atom. The highest BCUT2D eigenvalue weighted by atomic mass is 32.2. The van der Waals surface area contributed by atoms with Crippen LogP contribution in [0.1, 0.15) is 196 Å². The molecular formula is C95H142N12O7S2. The molecule has 636 valence electrons. The summed E-state index contributed by atoms with van der Waals surface area (Å²) in [6.45, 7) is 88.4. The fourth-order valence-corrected chi connectivity index (χ4v) is 18.8. The number of hydrogen-bond donors (Lipinski definition) is 2. The van der Waals surface area contributed by atoms with Gasteiger partial charge in [0.1, 0.15) is 17.2 Å². The highest BCUT2D eigenvalue weighted by Crippen LogP contribution is 2.52. The van der Waals surface area contributed by atoms with E-state index in [1.807, 2.05) is 66.7 Å². The number of nitrogens with one attached hydrogen (secondary N) is 2. The molecule has 2 N–H and O–H groups in total. The summed E-state index contributed by atoms with van der Waals surface area (Å²) in [7, 11) is -1.40. The number of ether oxygens (including phenoxy) is 3. The fraction of sp³-hybridized carbons (Fsp3) is 0.632. The number of rotatable bonds is 22. The Labute approximate surface area is 702 Å². The van der Waals surface area contributed by atoms with E-state index in [1.165, 1.54) is 22.9 Å². The third-order valence-corrected chi connectivity index (χ3v) is 28.2. The van der Waals surface area contributed by atoms with E-state index in [9.17, 15) is 16.8 Å². The summed E-state index contributed by atoms with van der Waals surface area (Å²) in [5, 5.41) is 0. The first kappa shape index (κ1) is 97.1. The van der Waals surface area contributed by atoms with Crippen molar-refractivity contribution in [2.75, 3.05) is 141 Å². The minimum absolute atomic E-state index is 0.0653. The number of anilines is 2. The zero-order valence-corrected chi connectivity index (χ0v) is 76.0. The Morgan fingerprint density at radius 2 is 0.638 bits per heavy atom. The van der Waals surface area contributed by atoms with E-state index in [4.69, 9.17) is 47.1 Å². The number of sulfonamides is 2. The van der Waals surface area contributed by atoms with Crippen molar-refractivity contribution in [1.29, 1.82) is 0 Å². The summed E-state index contributed by atoms with van der Waals surface area (Å²) in [6, 6.07) is 40.0. The molecule has 0 aliphatic carbocycles. The first-order valence-electron chi connectivity index (χ1n) is 41.6. The predicted molar refractivity (Wildman–Crippen MR) is 478 cm³/mol. The van der Waals surface area contributed by atoms with Gasteiger partial charge >= 0.3 is 0 Å². The normalized spacial score (nSPS) is 18.6. The van der Waals surface area contributed by atoms with Gasteiger partial charge in [-0.15, -0.1) is 0 Å². The molecule has 116 heavy (non-hydrogen) atoms. The minimum Gasteiger partial charge on any atom is -0.497 e. The number of benzene rings is 5. The number of para-hydroxylation sites is 2. The Morgan fingerprint density at radius 3 is 0.966 bits per heavy atom. The van der Waals surface area contributed by atoms with Crippen LogP contribution >= 0.6 is 0 Å². The second-order valence-electron chi connectivity index (χ2n) is 38.7. The molecule has 5 aliphatic rings. The SMILES string of the molecule is [C-]#[N+]CC1(C(C)(C)C)CCN(Cc2ccc(OC)cc2)CC1.[C-]#[N+]CC1(C(C)(C)C)CCN(Cc2cccc(NS(C)(=O)=O)c2)CC1.[C-]#[N+]CC1(C(C)(C)C)CCN(Cc2cccc(OC)c2)CC1.[C-]#[N+]CC1(C(C)(C)C)CCN(Cc2ccccc2NS(C)(=O)=O)CC1.[C-]#[N+]CC1(C(C)(C)C)CCN(Cc2ccccc2OC)CC1. The number of hydrogen-bond acceptors (Lipinski definition) is 12. The lowest BCUT2D eigenvalue weighted by molar-refractivity contribution is 0.0171. The molecule has 5 aromatic rings. The lowest BCUT2D eigenvalue weighted by Crippen LogP contribution is -2.48. The van der Waals surface area contributed by atoms with Crippen molar-refractivity contribution in [3.63, 3.8) is 0 Å². The standard InChI is InChI=1S/2C19H29N3O2S.3C19H28N2O/c1-18(2,3)19(15-20-4)9-11-22(12-10-19)14-16-7-6-8-17(13-16)21-25(5,23)24;1-18(2,3)19(15-20-4)10-12-22(13-11-19)14-16-8-6-7-9-17(16)21-25(5,23)24;1-18(2,3)19(15-20-4)10-12-21(13-11-19)14-16-6-8-17(22-5)9-7-16;1-18(2,3)19(15-20-4)9-11-21(12-10-19)14-16-7-6-8-17(13-16)22-5;1-18(2,3)19(15-20-4)10-12-21(13-11-19)14-16-8-6-7-9-17(16)22-5/h6-8,13,21H,9-12,14-15H2,1-3,5H3;6-9,21H,10-15H2,1-3,5H3;6-9H,10-15H2,1-3,5H3;6-8,13H,9-12,14-15H2,1-3,5H3;6-9H,10-15H2,1-3,5H3. The van der Waals surface area contributed by atoms with E-state index in [0.29, 0.717) is 44.1 Å². The summed E-state index contributed by atoms with van der Waals surface area (Å²) in [5.41, 5.74) is 8.69. The molecule has 0 amide bonds. The molecule has 10 rings (SSSR count). The van der Waals surface area contributed by atoms with Crippen LogP contribution in [0.3, 0.4) is 0 Å². The Kier molecular flexibility index (Phi) is 35.4. The van der Waals surface area contributed by atoms with Gasteiger partial charge in [0, 0.05) is 71.0 Å². The second kappa shape index (κ2) is 42.3. The quantitative estimate of drug-likeness (QED) is 0.0633. The van der Waals surface area contributed by atoms with Gasteiger partial charge in [-0.05, 0) is 228 Å². The summed E-state index contributed by atoms with van der Waals surface area (Å²) < 4.78 is 67.0. The van der Waals surface area contributed by atoms with Gasteiger partial charge in [-0.2, -0.15) is 0 Å². The van der Waals surface area contributed by atoms with Gasteiger partial charge < -0.3 is 38.4 Å². The van der Waals surface area contributed by atoms with Crippen molar-refractivity contribution in [1.82, 2.24) is 24.5 Å². The maximum absolute atomic E-state index is 11.6. The van der Waals surface area contributed by atoms with E-state index in [0.717, 1.165) is 197 Å². The molecule has 5 fully saturated rings. The average molecular weight is 1630 g/mol. The molecule has 0 unspecified atom stereocenters. The highest BCUT2D eigenvalue weighted by Gasteiger charge is 2.51. The molecule has 0 spiro atoms. The Hall–Kier alpha value is -7.75. The van der Waals surface area contributed by atoms with Gasteiger partial charge in [-0.25, -0.2) is 49.7 Å². The lowest BCUT2D eigenvalue weighted by Gasteiger charge is -2.46. The first-order valence-corrected chi connectivity index (χ1v) is 45.4. The second-order valence-corrected chi connectivity index (χ2v) is 42.2. The smallest absolute Gasteiger partial charge is 0.229 e. The van der Waals surface area contributed by atoms with Crippen molar-refractivity contribution in [3.8, 4) is 17.2 Å². The average Bonchev–Trinajstić information content (AvgIpc) is 0.804. The van der Waals surface area contributed by atoms with E-state index in [1.54, 1.807) is 33.5 Å². The van der Waals surface area contributed by atoms with E-state index >= 15 is 0 Å². The topological polar surface area (TPSA) is 158 Å². The van der Waals surface area contributed by atoms with Crippen LogP contribution in [0.2, 0.25) is 0 Å². The molecule has 0 radical (unpaired) electrons. The highest BCUT2D eigenvalue weighted by molar-refractivity contribution is 7.92. The largest absolute Gasteiger partial charge is 0.497 e. The summed E-state index contributed by atoms with van der Waals surface area (Å²) in [4.78, 5) is 30.9. The molecule has 5 aromatic carbocycles. The van der Waals surface area contributed by atoms with Crippen molar-refractivity contribution in [2.24, 2.45) is 54.1 Å². The maximum atomic E-state index is 11.6. The molecule has 5 heterocycles. The third-order valence-electron chi connectivity index (χ3n) is 27.0. The van der Waals surface area contributed by atoms with E-state index < -0.39 is 20.0 Å². The number of methoxy groups -OCH3 is 3. The summed E-state index contributed by atoms with van der Waals surface area (Å²) >= 11 is 0. The number of piperidine rings is 5. The van der Waals surface area contributed by atoms with Crippen LogP contribution < -0.4 is 23.7 Å². The molecule has 0 aromatic heterocycles. The molecule has 21 heteroatoms. The molecule has 0 atom stereocenters. The van der Waals surface area contributed by atoms with Crippen LogP contribution in [0.5, 0.6) is 17.2 Å². The number of likely N-dealkylation sites (tertiary alicyclic amines) is 5. The molecule has 19 nitrogen and oxygen atoms in total. The predicted octanol–water partition coefficient (Wildman–Crippen LogP) is 19.9. The van der Waals surface area contributed by atoms with Crippen molar-refractivity contribution in [3.05, 3.63) is 206 Å². The maximum Gasteiger partial charge on any atom is 0.229 e. The van der Waals surface area contributed by atoms with Gasteiger partial charge in [0.2, 0.25) is 52.8 Å². The lowest BCUT2D eigenvalue weighted by atomic mass is 9.61. The molecule has 5 saturated heterocycles. The van der Waals surface area contributed by atoms with Crippen molar-refractivity contribution in [2.45, 2.75) is 201 Å². The molecule has 0 saturated carbocycles. The Balaban J connectivity index is 0.000000226. The van der Waals surface area contributed by atoms with Crippen LogP contribution in [-0.4, -0.2) is 173 Å².